The van der Waals surface area contributed by atoms with Gasteiger partial charge < -0.3 is 4.90 Å². The highest BCUT2D eigenvalue weighted by molar-refractivity contribution is 7.90. The van der Waals surface area contributed by atoms with Crippen molar-refractivity contribution < 1.29 is 13.2 Å². The highest BCUT2D eigenvalue weighted by Crippen LogP contribution is 2.19. The molecule has 1 heterocycles. The number of thiazole rings is 1. The molecule has 0 atom stereocenters. The first-order valence-electron chi connectivity index (χ1n) is 6.25. The van der Waals surface area contributed by atoms with Crippen LogP contribution < -0.4 is 0 Å². The number of carbonyl (C=O) groups excluding carboxylic acids is 1. The van der Waals surface area contributed by atoms with Crippen molar-refractivity contribution in [2.45, 2.75) is 18.4 Å². The van der Waals surface area contributed by atoms with Crippen molar-refractivity contribution in [3.63, 3.8) is 0 Å². The predicted molar refractivity (Wildman–Crippen MR) is 82.2 cm³/mol. The lowest BCUT2D eigenvalue weighted by atomic mass is 10.2. The van der Waals surface area contributed by atoms with Gasteiger partial charge in [0.05, 0.1) is 22.0 Å². The van der Waals surface area contributed by atoms with Crippen LogP contribution in [0.4, 0.5) is 0 Å². The summed E-state index contributed by atoms with van der Waals surface area (Å²) in [6.07, 6.45) is 2.83. The van der Waals surface area contributed by atoms with Crippen LogP contribution in [0, 0.1) is 6.92 Å². The van der Waals surface area contributed by atoms with Crippen LogP contribution in [0.15, 0.2) is 35.4 Å². The lowest BCUT2D eigenvalue weighted by Gasteiger charge is -2.17. The molecule has 0 N–H and O–H groups in total. The van der Waals surface area contributed by atoms with Crippen LogP contribution in [-0.2, 0) is 16.4 Å². The molecule has 2 aromatic rings. The van der Waals surface area contributed by atoms with Gasteiger partial charge in [0.2, 0.25) is 0 Å². The molecular formula is C14H16N2O3S2. The number of sulfone groups is 1. The van der Waals surface area contributed by atoms with Gasteiger partial charge in [-0.1, -0.05) is 12.1 Å². The molecular weight excluding hydrogens is 308 g/mol. The van der Waals surface area contributed by atoms with Gasteiger partial charge in [0, 0.05) is 24.4 Å². The van der Waals surface area contributed by atoms with Gasteiger partial charge in [-0.2, -0.15) is 0 Å². The largest absolute Gasteiger partial charge is 0.336 e. The second kappa shape index (κ2) is 5.95. The molecule has 0 spiro atoms. The van der Waals surface area contributed by atoms with Crippen LogP contribution in [0.2, 0.25) is 0 Å². The third-order valence-electron chi connectivity index (χ3n) is 2.93. The van der Waals surface area contributed by atoms with E-state index in [1.165, 1.54) is 28.4 Å². The maximum absolute atomic E-state index is 12.5. The molecule has 0 aliphatic heterocycles. The molecule has 0 fully saturated rings. The molecule has 0 radical (unpaired) electrons. The standard InChI is InChI=1S/C14H16N2O3S2/c1-10-15-8-11(20-10)9-16(2)14(17)12-6-4-5-7-13(12)21(3,18)19/h4-8H,9H2,1-3H3. The fourth-order valence-corrected chi connectivity index (χ4v) is 3.69. The summed E-state index contributed by atoms with van der Waals surface area (Å²) >= 11 is 1.52. The molecule has 0 saturated heterocycles. The zero-order valence-electron chi connectivity index (χ0n) is 12.0. The Morgan fingerprint density at radius 2 is 2.00 bits per heavy atom. The van der Waals surface area contributed by atoms with Crippen molar-refractivity contribution in [2.24, 2.45) is 0 Å². The minimum atomic E-state index is -3.44. The Balaban J connectivity index is 2.28. The predicted octanol–water partition coefficient (Wildman–Crippen LogP) is 2.13. The summed E-state index contributed by atoms with van der Waals surface area (Å²) in [6, 6.07) is 6.26. The van der Waals surface area contributed by atoms with E-state index < -0.39 is 9.84 Å². The van der Waals surface area contributed by atoms with E-state index >= 15 is 0 Å². The summed E-state index contributed by atoms with van der Waals surface area (Å²) in [5, 5.41) is 0.933. The van der Waals surface area contributed by atoms with E-state index in [1.807, 2.05) is 6.92 Å². The number of hydrogen-bond donors (Lipinski definition) is 0. The Bertz CT molecular complexity index is 766. The van der Waals surface area contributed by atoms with E-state index in [0.29, 0.717) is 6.54 Å². The van der Waals surface area contributed by atoms with Crippen molar-refractivity contribution >= 4 is 27.1 Å². The van der Waals surface area contributed by atoms with E-state index in [9.17, 15) is 13.2 Å². The van der Waals surface area contributed by atoms with Crippen molar-refractivity contribution in [1.82, 2.24) is 9.88 Å². The smallest absolute Gasteiger partial charge is 0.255 e. The van der Waals surface area contributed by atoms with Gasteiger partial charge in [0.15, 0.2) is 9.84 Å². The molecule has 7 heteroatoms. The zero-order valence-corrected chi connectivity index (χ0v) is 13.7. The molecule has 1 aromatic carbocycles. The van der Waals surface area contributed by atoms with Crippen LogP contribution in [0.3, 0.4) is 0 Å². The normalized spacial score (nSPS) is 11.4. The Labute approximate surface area is 128 Å². The summed E-state index contributed by atoms with van der Waals surface area (Å²) in [6.45, 7) is 2.30. The van der Waals surface area contributed by atoms with E-state index in [0.717, 1.165) is 16.1 Å². The lowest BCUT2D eigenvalue weighted by Crippen LogP contribution is -2.27. The number of amides is 1. The average molecular weight is 324 g/mol. The maximum atomic E-state index is 12.5. The molecule has 0 unspecified atom stereocenters. The molecule has 1 aromatic heterocycles. The number of hydrogen-bond acceptors (Lipinski definition) is 5. The topological polar surface area (TPSA) is 67.3 Å². The van der Waals surface area contributed by atoms with Crippen LogP contribution in [0.1, 0.15) is 20.2 Å². The van der Waals surface area contributed by atoms with Gasteiger partial charge >= 0.3 is 0 Å². The number of aryl methyl sites for hydroxylation is 1. The van der Waals surface area contributed by atoms with Gasteiger partial charge in [0.25, 0.3) is 5.91 Å². The van der Waals surface area contributed by atoms with Crippen LogP contribution in [-0.4, -0.2) is 37.5 Å². The van der Waals surface area contributed by atoms with Crippen molar-refractivity contribution in [3.05, 3.63) is 45.9 Å². The van der Waals surface area contributed by atoms with Gasteiger partial charge in [0.1, 0.15) is 0 Å². The summed E-state index contributed by atoms with van der Waals surface area (Å²) in [7, 11) is -1.79. The van der Waals surface area contributed by atoms with Crippen LogP contribution in [0.5, 0.6) is 0 Å². The monoisotopic (exact) mass is 324 g/mol. The summed E-state index contributed by atoms with van der Waals surface area (Å²) in [5.74, 6) is -0.318. The van der Waals surface area contributed by atoms with Crippen molar-refractivity contribution in [1.29, 1.82) is 0 Å². The molecule has 0 aliphatic rings. The molecule has 112 valence electrons. The molecule has 21 heavy (non-hydrogen) atoms. The second-order valence-electron chi connectivity index (χ2n) is 4.78. The van der Waals surface area contributed by atoms with Crippen LogP contribution >= 0.6 is 11.3 Å². The second-order valence-corrected chi connectivity index (χ2v) is 8.08. The Kier molecular flexibility index (Phi) is 4.43. The maximum Gasteiger partial charge on any atom is 0.255 e. The third-order valence-corrected chi connectivity index (χ3v) is 4.98. The van der Waals surface area contributed by atoms with Crippen LogP contribution in [0.25, 0.3) is 0 Å². The summed E-state index contributed by atoms with van der Waals surface area (Å²) in [4.78, 5) is 19.1. The first-order valence-corrected chi connectivity index (χ1v) is 8.95. The minimum absolute atomic E-state index is 0.0577. The highest BCUT2D eigenvalue weighted by atomic mass is 32.2. The van der Waals surface area contributed by atoms with Gasteiger partial charge in [-0.05, 0) is 19.1 Å². The number of rotatable bonds is 4. The Hall–Kier alpha value is -1.73. The lowest BCUT2D eigenvalue weighted by molar-refractivity contribution is 0.0782. The Morgan fingerprint density at radius 1 is 1.33 bits per heavy atom. The quantitative estimate of drug-likeness (QED) is 0.864. The first kappa shape index (κ1) is 15.7. The van der Waals surface area contributed by atoms with E-state index in [2.05, 4.69) is 4.98 Å². The summed E-state index contributed by atoms with van der Waals surface area (Å²) in [5.41, 5.74) is 0.198. The highest BCUT2D eigenvalue weighted by Gasteiger charge is 2.21. The first-order chi connectivity index (χ1) is 9.79. The Morgan fingerprint density at radius 3 is 2.57 bits per heavy atom. The molecule has 0 bridgehead atoms. The van der Waals surface area contributed by atoms with E-state index in [4.69, 9.17) is 0 Å². The number of carbonyl (C=O) groups is 1. The molecule has 0 saturated carbocycles. The molecule has 1 amide bonds. The fraction of sp³-hybridized carbons (Fsp3) is 0.286. The number of aromatic nitrogens is 1. The molecule has 5 nitrogen and oxygen atoms in total. The number of benzene rings is 1. The zero-order chi connectivity index (χ0) is 15.6. The van der Waals surface area contributed by atoms with E-state index in [1.54, 1.807) is 25.4 Å². The molecule has 0 aliphatic carbocycles. The van der Waals surface area contributed by atoms with Gasteiger partial charge in [-0.25, -0.2) is 13.4 Å². The van der Waals surface area contributed by atoms with E-state index in [-0.39, 0.29) is 16.4 Å². The average Bonchev–Trinajstić information content (AvgIpc) is 2.82. The fourth-order valence-electron chi connectivity index (χ4n) is 1.96. The SMILES string of the molecule is Cc1ncc(CN(C)C(=O)c2ccccc2S(C)(=O)=O)s1. The number of nitrogens with zero attached hydrogens (tertiary/aromatic N) is 2. The van der Waals surface area contributed by atoms with Crippen molar-refractivity contribution in [3.8, 4) is 0 Å². The summed E-state index contributed by atoms with van der Waals surface area (Å²) < 4.78 is 23.5. The third kappa shape index (κ3) is 3.68. The minimum Gasteiger partial charge on any atom is -0.336 e. The van der Waals surface area contributed by atoms with Gasteiger partial charge in [-0.15, -0.1) is 11.3 Å². The van der Waals surface area contributed by atoms with Gasteiger partial charge in [-0.3, -0.25) is 4.79 Å². The molecule has 2 rings (SSSR count). The van der Waals surface area contributed by atoms with Crippen molar-refractivity contribution in [2.75, 3.05) is 13.3 Å².